The topological polar surface area (TPSA) is 18.5 Å². The highest BCUT2D eigenvalue weighted by Crippen LogP contribution is 2.22. The molecular formula is C18H29N3. The summed E-state index contributed by atoms with van der Waals surface area (Å²) in [6.07, 6.45) is 6.79. The Morgan fingerprint density at radius 3 is 2.71 bits per heavy atom. The third-order valence-corrected chi connectivity index (χ3v) is 4.72. The lowest BCUT2D eigenvalue weighted by Gasteiger charge is -2.33. The monoisotopic (exact) mass is 287 g/mol. The van der Waals surface area contributed by atoms with E-state index in [4.69, 9.17) is 0 Å². The van der Waals surface area contributed by atoms with Crippen LogP contribution in [0, 0.1) is 0 Å². The minimum absolute atomic E-state index is 0.748. The predicted molar refractivity (Wildman–Crippen MR) is 89.9 cm³/mol. The summed E-state index contributed by atoms with van der Waals surface area (Å²) in [7, 11) is 2.20. The molecule has 3 heteroatoms. The third-order valence-electron chi connectivity index (χ3n) is 4.72. The normalized spacial score (nSPS) is 23.2. The lowest BCUT2D eigenvalue weighted by Crippen LogP contribution is -2.46. The SMILES string of the molecule is CN(CCCN1CCCC(NC2CC2)C1)c1ccccc1. The fourth-order valence-corrected chi connectivity index (χ4v) is 3.32. The standard InChI is InChI=1S/C18H29N3/c1-20(18-8-3-2-4-9-18)12-6-14-21-13-5-7-17(15-21)19-16-10-11-16/h2-4,8-9,16-17,19H,5-7,10-15H2,1H3. The van der Waals surface area contributed by atoms with Gasteiger partial charge in [-0.25, -0.2) is 0 Å². The first kappa shape index (κ1) is 14.9. The van der Waals surface area contributed by atoms with E-state index >= 15 is 0 Å². The molecule has 2 fully saturated rings. The van der Waals surface area contributed by atoms with Gasteiger partial charge in [-0.05, 0) is 57.3 Å². The van der Waals surface area contributed by atoms with Crippen LogP contribution in [0.25, 0.3) is 0 Å². The van der Waals surface area contributed by atoms with Crippen molar-refractivity contribution >= 4 is 5.69 Å². The van der Waals surface area contributed by atoms with Gasteiger partial charge >= 0.3 is 0 Å². The highest BCUT2D eigenvalue weighted by molar-refractivity contribution is 5.44. The highest BCUT2D eigenvalue weighted by Gasteiger charge is 2.27. The van der Waals surface area contributed by atoms with Crippen LogP contribution >= 0.6 is 0 Å². The van der Waals surface area contributed by atoms with Gasteiger partial charge in [0.1, 0.15) is 0 Å². The molecule has 1 saturated carbocycles. The van der Waals surface area contributed by atoms with Crippen LogP contribution in [0.2, 0.25) is 0 Å². The summed E-state index contributed by atoms with van der Waals surface area (Å²) in [4.78, 5) is 5.02. The number of hydrogen-bond acceptors (Lipinski definition) is 3. The number of rotatable bonds is 7. The van der Waals surface area contributed by atoms with Crippen LogP contribution in [0.5, 0.6) is 0 Å². The summed E-state index contributed by atoms with van der Waals surface area (Å²) in [5, 5.41) is 3.80. The molecule has 3 rings (SSSR count). The fraction of sp³-hybridized carbons (Fsp3) is 0.667. The Labute approximate surface area is 129 Å². The van der Waals surface area contributed by atoms with E-state index in [0.29, 0.717) is 0 Å². The Bertz CT molecular complexity index is 416. The Morgan fingerprint density at radius 2 is 1.95 bits per heavy atom. The molecule has 0 bridgehead atoms. The van der Waals surface area contributed by atoms with Gasteiger partial charge in [0.05, 0.1) is 0 Å². The number of likely N-dealkylation sites (tertiary alicyclic amines) is 1. The van der Waals surface area contributed by atoms with Gasteiger partial charge in [-0.3, -0.25) is 0 Å². The quantitative estimate of drug-likeness (QED) is 0.832. The van der Waals surface area contributed by atoms with Crippen LogP contribution in [0.4, 0.5) is 5.69 Å². The maximum Gasteiger partial charge on any atom is 0.0363 e. The average Bonchev–Trinajstić information content (AvgIpc) is 3.32. The molecule has 1 aromatic rings. The number of anilines is 1. The largest absolute Gasteiger partial charge is 0.375 e. The smallest absolute Gasteiger partial charge is 0.0363 e. The molecule has 1 N–H and O–H groups in total. The van der Waals surface area contributed by atoms with Crippen molar-refractivity contribution < 1.29 is 0 Å². The molecule has 116 valence electrons. The summed E-state index contributed by atoms with van der Waals surface area (Å²) in [5.41, 5.74) is 1.32. The van der Waals surface area contributed by atoms with Gasteiger partial charge in [0, 0.05) is 37.9 Å². The van der Waals surface area contributed by atoms with E-state index in [-0.39, 0.29) is 0 Å². The van der Waals surface area contributed by atoms with Crippen LogP contribution in [-0.4, -0.2) is 50.2 Å². The molecule has 1 aromatic carbocycles. The van der Waals surface area contributed by atoms with Crippen molar-refractivity contribution in [3.63, 3.8) is 0 Å². The van der Waals surface area contributed by atoms with Crippen molar-refractivity contribution in [3.05, 3.63) is 30.3 Å². The zero-order chi connectivity index (χ0) is 14.5. The van der Waals surface area contributed by atoms with Crippen molar-refractivity contribution in [1.82, 2.24) is 10.2 Å². The molecular weight excluding hydrogens is 258 g/mol. The predicted octanol–water partition coefficient (Wildman–Crippen LogP) is 2.73. The van der Waals surface area contributed by atoms with Gasteiger partial charge in [-0.15, -0.1) is 0 Å². The number of para-hydroxylation sites is 1. The van der Waals surface area contributed by atoms with E-state index in [9.17, 15) is 0 Å². The number of piperidine rings is 1. The molecule has 1 aliphatic carbocycles. The van der Waals surface area contributed by atoms with Crippen molar-refractivity contribution in [3.8, 4) is 0 Å². The Hall–Kier alpha value is -1.06. The third kappa shape index (κ3) is 4.72. The molecule has 1 unspecified atom stereocenters. The van der Waals surface area contributed by atoms with E-state index in [1.54, 1.807) is 0 Å². The van der Waals surface area contributed by atoms with Crippen LogP contribution in [0.3, 0.4) is 0 Å². The van der Waals surface area contributed by atoms with Gasteiger partial charge in [0.15, 0.2) is 0 Å². The summed E-state index contributed by atoms with van der Waals surface area (Å²) in [5.74, 6) is 0. The number of nitrogens with zero attached hydrogens (tertiary/aromatic N) is 2. The molecule has 21 heavy (non-hydrogen) atoms. The Balaban J connectivity index is 1.36. The van der Waals surface area contributed by atoms with Gasteiger partial charge in [-0.1, -0.05) is 18.2 Å². The van der Waals surface area contributed by atoms with Crippen molar-refractivity contribution in [1.29, 1.82) is 0 Å². The molecule has 0 spiro atoms. The van der Waals surface area contributed by atoms with Crippen molar-refractivity contribution in [2.24, 2.45) is 0 Å². The highest BCUT2D eigenvalue weighted by atomic mass is 15.2. The first-order valence-corrected chi connectivity index (χ1v) is 8.56. The van der Waals surface area contributed by atoms with Crippen LogP contribution in [-0.2, 0) is 0 Å². The number of nitrogens with one attached hydrogen (secondary N) is 1. The second kappa shape index (κ2) is 7.28. The first-order valence-electron chi connectivity index (χ1n) is 8.56. The van der Waals surface area contributed by atoms with Crippen LogP contribution in [0.15, 0.2) is 30.3 Å². The summed E-state index contributed by atoms with van der Waals surface area (Å²) < 4.78 is 0. The van der Waals surface area contributed by atoms with E-state index in [2.05, 4.69) is 52.5 Å². The van der Waals surface area contributed by atoms with E-state index in [1.165, 1.54) is 57.4 Å². The van der Waals surface area contributed by atoms with Crippen molar-refractivity contribution in [2.45, 2.75) is 44.2 Å². The molecule has 2 aliphatic rings. The lowest BCUT2D eigenvalue weighted by molar-refractivity contribution is 0.188. The maximum atomic E-state index is 3.80. The second-order valence-corrected chi connectivity index (χ2v) is 6.69. The summed E-state index contributed by atoms with van der Waals surface area (Å²) in [6, 6.07) is 12.3. The molecule has 0 amide bonds. The van der Waals surface area contributed by atoms with Crippen LogP contribution < -0.4 is 10.2 Å². The van der Waals surface area contributed by atoms with Gasteiger partial charge < -0.3 is 15.1 Å². The maximum absolute atomic E-state index is 3.80. The minimum Gasteiger partial charge on any atom is -0.375 e. The Kier molecular flexibility index (Phi) is 5.15. The summed E-state index contributed by atoms with van der Waals surface area (Å²) >= 11 is 0. The molecule has 0 aromatic heterocycles. The van der Waals surface area contributed by atoms with E-state index in [0.717, 1.165) is 18.6 Å². The molecule has 1 heterocycles. The summed E-state index contributed by atoms with van der Waals surface area (Å²) in [6.45, 7) is 4.92. The zero-order valence-electron chi connectivity index (χ0n) is 13.3. The molecule has 3 nitrogen and oxygen atoms in total. The molecule has 0 radical (unpaired) electrons. The van der Waals surface area contributed by atoms with E-state index < -0.39 is 0 Å². The first-order chi connectivity index (χ1) is 10.3. The fourth-order valence-electron chi connectivity index (χ4n) is 3.32. The lowest BCUT2D eigenvalue weighted by atomic mass is 10.1. The minimum atomic E-state index is 0.748. The van der Waals surface area contributed by atoms with Crippen molar-refractivity contribution in [2.75, 3.05) is 38.1 Å². The molecule has 1 aliphatic heterocycles. The van der Waals surface area contributed by atoms with E-state index in [1.807, 2.05) is 0 Å². The Morgan fingerprint density at radius 1 is 1.14 bits per heavy atom. The van der Waals surface area contributed by atoms with Gasteiger partial charge in [0.25, 0.3) is 0 Å². The molecule has 1 atom stereocenters. The van der Waals surface area contributed by atoms with Crippen LogP contribution in [0.1, 0.15) is 32.1 Å². The molecule has 1 saturated heterocycles. The second-order valence-electron chi connectivity index (χ2n) is 6.69. The number of hydrogen-bond donors (Lipinski definition) is 1. The number of benzene rings is 1. The van der Waals surface area contributed by atoms with Gasteiger partial charge in [0.2, 0.25) is 0 Å². The average molecular weight is 287 g/mol. The van der Waals surface area contributed by atoms with Gasteiger partial charge in [-0.2, -0.15) is 0 Å². The zero-order valence-corrected chi connectivity index (χ0v) is 13.3.